The monoisotopic (exact) mass is 335 g/mol. The number of aryl methyl sites for hydroxylation is 2. The lowest BCUT2D eigenvalue weighted by Crippen LogP contribution is -2.48. The number of aromatic nitrogens is 2. The number of thiazole rings is 1. The van der Waals surface area contributed by atoms with Crippen LogP contribution < -0.4 is 5.73 Å². The highest BCUT2D eigenvalue weighted by Crippen LogP contribution is 2.17. The van der Waals surface area contributed by atoms with Gasteiger partial charge in [0.25, 0.3) is 5.91 Å². The second-order valence-corrected chi connectivity index (χ2v) is 6.64. The van der Waals surface area contributed by atoms with Crippen LogP contribution in [-0.4, -0.2) is 52.0 Å². The van der Waals surface area contributed by atoms with Crippen LogP contribution in [0.3, 0.4) is 0 Å². The zero-order valence-electron chi connectivity index (χ0n) is 13.4. The van der Waals surface area contributed by atoms with Crippen molar-refractivity contribution in [2.75, 3.05) is 26.2 Å². The number of carbonyl (C=O) groups excluding carboxylic acids is 1. The first-order valence-corrected chi connectivity index (χ1v) is 8.54. The smallest absolute Gasteiger partial charge is 0.273 e. The number of hydrogen-bond donors (Lipinski definition) is 1. The lowest BCUT2D eigenvalue weighted by Gasteiger charge is -2.34. The highest BCUT2D eigenvalue weighted by molar-refractivity contribution is 7.09. The summed E-state index contributed by atoms with van der Waals surface area (Å²) >= 11 is 1.44. The molecule has 7 nitrogen and oxygen atoms in total. The maximum Gasteiger partial charge on any atom is 0.273 e. The maximum absolute atomic E-state index is 12.4. The van der Waals surface area contributed by atoms with Gasteiger partial charge in [-0.1, -0.05) is 5.16 Å². The van der Waals surface area contributed by atoms with E-state index in [1.54, 1.807) is 5.38 Å². The molecule has 0 atom stereocenters. The van der Waals surface area contributed by atoms with E-state index < -0.39 is 0 Å². The van der Waals surface area contributed by atoms with Crippen molar-refractivity contribution in [3.63, 3.8) is 0 Å². The third kappa shape index (κ3) is 3.44. The third-order valence-corrected chi connectivity index (χ3v) is 5.04. The summed E-state index contributed by atoms with van der Waals surface area (Å²) in [5.74, 6) is 0.871. The number of nitrogens with zero attached hydrogens (tertiary/aromatic N) is 4. The van der Waals surface area contributed by atoms with Crippen LogP contribution in [0.2, 0.25) is 0 Å². The van der Waals surface area contributed by atoms with Crippen LogP contribution in [0.1, 0.15) is 32.5 Å². The second kappa shape index (κ2) is 6.77. The molecule has 0 aromatic carbocycles. The normalized spacial score (nSPS) is 16.0. The minimum atomic E-state index is -0.00191. The van der Waals surface area contributed by atoms with Crippen molar-refractivity contribution in [2.45, 2.75) is 26.9 Å². The summed E-state index contributed by atoms with van der Waals surface area (Å²) in [6.07, 6.45) is 0. The van der Waals surface area contributed by atoms with Crippen LogP contribution in [0.5, 0.6) is 0 Å². The zero-order chi connectivity index (χ0) is 16.4. The van der Waals surface area contributed by atoms with Gasteiger partial charge >= 0.3 is 0 Å². The molecule has 1 fully saturated rings. The number of hydrogen-bond acceptors (Lipinski definition) is 7. The molecule has 3 rings (SSSR count). The molecule has 1 amide bonds. The van der Waals surface area contributed by atoms with Crippen molar-refractivity contribution in [3.8, 4) is 0 Å². The van der Waals surface area contributed by atoms with Crippen molar-refractivity contribution in [3.05, 3.63) is 33.1 Å². The van der Waals surface area contributed by atoms with Crippen LogP contribution in [0.15, 0.2) is 9.90 Å². The highest BCUT2D eigenvalue weighted by Gasteiger charge is 2.24. The van der Waals surface area contributed by atoms with Gasteiger partial charge in [0.05, 0.1) is 5.69 Å². The Morgan fingerprint density at radius 2 is 2.09 bits per heavy atom. The Morgan fingerprint density at radius 1 is 1.35 bits per heavy atom. The summed E-state index contributed by atoms with van der Waals surface area (Å²) < 4.78 is 5.21. The molecular weight excluding hydrogens is 314 g/mol. The van der Waals surface area contributed by atoms with Crippen LogP contribution in [0, 0.1) is 13.8 Å². The molecule has 0 unspecified atom stereocenters. The van der Waals surface area contributed by atoms with Crippen molar-refractivity contribution in [1.82, 2.24) is 19.9 Å². The Hall–Kier alpha value is -1.77. The van der Waals surface area contributed by atoms with E-state index in [0.29, 0.717) is 25.3 Å². The van der Waals surface area contributed by atoms with Crippen LogP contribution >= 0.6 is 11.3 Å². The van der Waals surface area contributed by atoms with Gasteiger partial charge in [-0.25, -0.2) is 4.98 Å². The molecule has 3 heterocycles. The quantitative estimate of drug-likeness (QED) is 0.902. The Balaban J connectivity index is 1.57. The van der Waals surface area contributed by atoms with Gasteiger partial charge in [-0.05, 0) is 13.8 Å². The summed E-state index contributed by atoms with van der Waals surface area (Å²) in [5.41, 5.74) is 8.15. The fraction of sp³-hybridized carbons (Fsp3) is 0.533. The van der Waals surface area contributed by atoms with E-state index in [4.69, 9.17) is 10.3 Å². The van der Waals surface area contributed by atoms with Gasteiger partial charge in [0.1, 0.15) is 16.5 Å². The van der Waals surface area contributed by atoms with Crippen molar-refractivity contribution in [2.24, 2.45) is 5.73 Å². The van der Waals surface area contributed by atoms with Gasteiger partial charge in [0.2, 0.25) is 0 Å². The first-order valence-electron chi connectivity index (χ1n) is 7.66. The average Bonchev–Trinajstić information content (AvgIpc) is 3.17. The average molecular weight is 335 g/mol. The van der Waals surface area contributed by atoms with Gasteiger partial charge in [-0.15, -0.1) is 11.3 Å². The minimum absolute atomic E-state index is 0.00191. The summed E-state index contributed by atoms with van der Waals surface area (Å²) in [7, 11) is 0. The Labute approximate surface area is 139 Å². The molecule has 1 aliphatic heterocycles. The Morgan fingerprint density at radius 3 is 2.65 bits per heavy atom. The van der Waals surface area contributed by atoms with E-state index >= 15 is 0 Å². The fourth-order valence-corrected chi connectivity index (χ4v) is 3.37. The molecule has 2 aromatic rings. The molecule has 1 aliphatic rings. The van der Waals surface area contributed by atoms with E-state index in [-0.39, 0.29) is 5.91 Å². The van der Waals surface area contributed by atoms with Gasteiger partial charge in [0, 0.05) is 50.2 Å². The molecule has 0 spiro atoms. The summed E-state index contributed by atoms with van der Waals surface area (Å²) in [6.45, 7) is 8.18. The topological polar surface area (TPSA) is 88.5 Å². The molecule has 0 bridgehead atoms. The molecule has 2 N–H and O–H groups in total. The third-order valence-electron chi connectivity index (χ3n) is 4.17. The second-order valence-electron chi connectivity index (χ2n) is 5.70. The van der Waals surface area contributed by atoms with E-state index in [9.17, 15) is 4.79 Å². The SMILES string of the molecule is Cc1noc(C)c1CN1CCN(C(=O)c2csc(CN)n2)CC1. The number of rotatable bonds is 4. The van der Waals surface area contributed by atoms with E-state index in [1.807, 2.05) is 18.7 Å². The first-order chi connectivity index (χ1) is 11.1. The molecule has 1 saturated heterocycles. The van der Waals surface area contributed by atoms with E-state index in [1.165, 1.54) is 11.3 Å². The van der Waals surface area contributed by atoms with Crippen LogP contribution in [0.4, 0.5) is 0 Å². The first kappa shape index (κ1) is 16.1. The molecule has 0 aliphatic carbocycles. The van der Waals surface area contributed by atoms with E-state index in [2.05, 4.69) is 15.0 Å². The summed E-state index contributed by atoms with van der Waals surface area (Å²) in [4.78, 5) is 20.9. The lowest BCUT2D eigenvalue weighted by molar-refractivity contribution is 0.0622. The largest absolute Gasteiger partial charge is 0.361 e. The molecule has 8 heteroatoms. The molecule has 124 valence electrons. The van der Waals surface area contributed by atoms with Gasteiger partial charge < -0.3 is 15.2 Å². The number of piperazine rings is 1. The molecule has 2 aromatic heterocycles. The lowest BCUT2D eigenvalue weighted by atomic mass is 10.1. The van der Waals surface area contributed by atoms with Gasteiger partial charge in [-0.2, -0.15) is 0 Å². The van der Waals surface area contributed by atoms with Gasteiger partial charge in [-0.3, -0.25) is 9.69 Å². The fourth-order valence-electron chi connectivity index (χ4n) is 2.73. The molecular formula is C15H21N5O2S. The zero-order valence-corrected chi connectivity index (χ0v) is 14.2. The summed E-state index contributed by atoms with van der Waals surface area (Å²) in [6, 6.07) is 0. The Bertz CT molecular complexity index is 668. The van der Waals surface area contributed by atoms with Crippen LogP contribution in [-0.2, 0) is 13.1 Å². The molecule has 0 saturated carbocycles. The number of nitrogens with two attached hydrogens (primary N) is 1. The van der Waals surface area contributed by atoms with Crippen molar-refractivity contribution < 1.29 is 9.32 Å². The van der Waals surface area contributed by atoms with Crippen molar-refractivity contribution in [1.29, 1.82) is 0 Å². The molecule has 23 heavy (non-hydrogen) atoms. The number of amides is 1. The predicted molar refractivity (Wildman–Crippen MR) is 87.2 cm³/mol. The maximum atomic E-state index is 12.4. The number of carbonyl (C=O) groups is 1. The Kier molecular flexibility index (Phi) is 4.74. The standard InChI is InChI=1S/C15H21N5O2S/c1-10-12(11(2)22-18-10)8-19-3-5-20(6-4-19)15(21)13-9-23-14(7-16)17-13/h9H,3-8,16H2,1-2H3. The van der Waals surface area contributed by atoms with Crippen molar-refractivity contribution >= 4 is 17.2 Å². The highest BCUT2D eigenvalue weighted by atomic mass is 32.1. The summed E-state index contributed by atoms with van der Waals surface area (Å²) in [5, 5.41) is 6.58. The van der Waals surface area contributed by atoms with E-state index in [0.717, 1.165) is 41.7 Å². The van der Waals surface area contributed by atoms with Crippen LogP contribution in [0.25, 0.3) is 0 Å². The molecule has 0 radical (unpaired) electrons. The predicted octanol–water partition coefficient (Wildman–Crippen LogP) is 1.16. The van der Waals surface area contributed by atoms with Gasteiger partial charge in [0.15, 0.2) is 0 Å². The minimum Gasteiger partial charge on any atom is -0.361 e.